The number of unbranched alkanes of at least 4 members (excludes halogenated alkanes) is 62. The van der Waals surface area contributed by atoms with E-state index in [-0.39, 0.29) is 12.5 Å². The molecule has 0 aliphatic carbocycles. The number of carbonyl (C=O) groups is 1. The zero-order chi connectivity index (χ0) is 59.8. The lowest BCUT2D eigenvalue weighted by Gasteiger charge is -2.20. The third kappa shape index (κ3) is 71.3. The van der Waals surface area contributed by atoms with Crippen LogP contribution in [-0.2, 0) is 4.79 Å². The molecule has 0 aromatic rings. The Labute approximate surface area is 522 Å². The first kappa shape index (κ1) is 81.6. The van der Waals surface area contributed by atoms with E-state index >= 15 is 0 Å². The molecule has 0 radical (unpaired) electrons. The van der Waals surface area contributed by atoms with Gasteiger partial charge in [0.2, 0.25) is 5.91 Å². The van der Waals surface area contributed by atoms with Crippen LogP contribution in [0.25, 0.3) is 0 Å². The first-order valence-electron chi connectivity index (χ1n) is 38.7. The molecule has 1 amide bonds. The van der Waals surface area contributed by atoms with E-state index in [4.69, 9.17) is 0 Å². The van der Waals surface area contributed by atoms with Gasteiger partial charge in [0.1, 0.15) is 0 Å². The number of aliphatic hydroxyl groups excluding tert-OH is 2. The summed E-state index contributed by atoms with van der Waals surface area (Å²) in [6, 6.07) is -0.622. The molecule has 4 nitrogen and oxygen atoms in total. The van der Waals surface area contributed by atoms with E-state index in [0.29, 0.717) is 6.42 Å². The molecule has 0 saturated carbocycles. The Morgan fingerprint density at radius 2 is 0.494 bits per heavy atom. The average molecular weight is 1170 g/mol. The van der Waals surface area contributed by atoms with Crippen LogP contribution < -0.4 is 5.32 Å². The summed E-state index contributed by atoms with van der Waals surface area (Å²) in [5.41, 5.74) is 0. The van der Waals surface area contributed by atoms with Gasteiger partial charge in [0.05, 0.1) is 18.8 Å². The molecule has 0 bridgehead atoms. The first-order valence-corrected chi connectivity index (χ1v) is 38.7. The molecule has 0 rings (SSSR count). The molecular formula is C79H153NO3. The van der Waals surface area contributed by atoms with E-state index in [1.54, 1.807) is 6.08 Å². The number of hydrogen-bond donors (Lipinski definition) is 3. The number of carbonyl (C=O) groups excluding carboxylic acids is 1. The minimum Gasteiger partial charge on any atom is -0.394 e. The lowest BCUT2D eigenvalue weighted by Crippen LogP contribution is -2.45. The van der Waals surface area contributed by atoms with Crippen LogP contribution in [0.1, 0.15) is 444 Å². The Morgan fingerprint density at radius 3 is 0.723 bits per heavy atom. The van der Waals surface area contributed by atoms with Gasteiger partial charge in [-0.15, -0.1) is 0 Å². The summed E-state index contributed by atoms with van der Waals surface area (Å²) in [5.74, 6) is -0.0536. The molecule has 0 aliphatic rings. The third-order valence-corrected chi connectivity index (χ3v) is 18.4. The standard InChI is InChI=1S/C79H153NO3/c1-3-5-7-9-11-13-15-17-19-21-23-25-27-29-31-33-35-37-38-39-40-41-42-43-45-47-49-51-53-55-57-59-61-63-65-67-69-71-73-75-79(83)80-77(76-81)78(82)74-72-70-68-66-64-62-60-58-56-54-52-50-48-46-44-36-34-32-30-28-26-24-22-20-18-16-14-12-10-8-6-4-2/h15,17,21,23,72,74,77-78,81-82H,3-14,16,18-20,22,24-71,73,75-76H2,1-2H3,(H,80,83)/b17-15-,23-21-,74-72+. The summed E-state index contributed by atoms with van der Waals surface area (Å²) in [5, 5.41) is 23.4. The number of nitrogens with one attached hydrogen (secondary N) is 1. The van der Waals surface area contributed by atoms with Crippen molar-refractivity contribution in [1.82, 2.24) is 5.32 Å². The fourth-order valence-corrected chi connectivity index (χ4v) is 12.5. The maximum absolute atomic E-state index is 12.6. The average Bonchev–Trinajstić information content (AvgIpc) is 3.51. The normalized spacial score (nSPS) is 12.8. The molecule has 3 N–H and O–H groups in total. The van der Waals surface area contributed by atoms with Gasteiger partial charge in [0, 0.05) is 6.42 Å². The van der Waals surface area contributed by atoms with E-state index in [1.807, 2.05) is 6.08 Å². The van der Waals surface area contributed by atoms with Crippen molar-refractivity contribution in [3.63, 3.8) is 0 Å². The van der Waals surface area contributed by atoms with E-state index < -0.39 is 12.1 Å². The fourth-order valence-electron chi connectivity index (χ4n) is 12.5. The molecule has 0 fully saturated rings. The van der Waals surface area contributed by atoms with Crippen LogP contribution >= 0.6 is 0 Å². The second-order valence-electron chi connectivity index (χ2n) is 26.8. The number of hydrogen-bond acceptors (Lipinski definition) is 3. The quantitative estimate of drug-likeness (QED) is 0.0420. The van der Waals surface area contributed by atoms with Gasteiger partial charge >= 0.3 is 0 Å². The van der Waals surface area contributed by atoms with Gasteiger partial charge in [-0.05, 0) is 51.4 Å². The van der Waals surface area contributed by atoms with Crippen molar-refractivity contribution in [2.45, 2.75) is 456 Å². The minimum absolute atomic E-state index is 0.0536. The SMILES string of the molecule is CCCCCCC/C=C\C/C=C\CCCCCCCCCCCCCCCCCCCCCCCCCCCCCC(=O)NC(CO)C(O)/C=C/CCCCCCCCCCCCCCCCCCCCCCCCCCCCCCCC. The van der Waals surface area contributed by atoms with Crippen molar-refractivity contribution in [1.29, 1.82) is 0 Å². The molecule has 492 valence electrons. The molecule has 0 saturated heterocycles. The van der Waals surface area contributed by atoms with Gasteiger partial charge in [0.25, 0.3) is 0 Å². The fraction of sp³-hybridized carbons (Fsp3) is 0.911. The van der Waals surface area contributed by atoms with Crippen LogP contribution in [0.5, 0.6) is 0 Å². The first-order chi connectivity index (χ1) is 41.2. The van der Waals surface area contributed by atoms with Crippen molar-refractivity contribution in [3.05, 3.63) is 36.5 Å². The molecule has 0 aliphatic heterocycles. The van der Waals surface area contributed by atoms with Crippen molar-refractivity contribution in [2.75, 3.05) is 6.61 Å². The van der Waals surface area contributed by atoms with Gasteiger partial charge in [-0.2, -0.15) is 0 Å². The minimum atomic E-state index is -0.839. The maximum atomic E-state index is 12.6. The molecule has 0 spiro atoms. The molecule has 0 aromatic carbocycles. The van der Waals surface area contributed by atoms with Gasteiger partial charge in [-0.3, -0.25) is 4.79 Å². The molecule has 4 heteroatoms. The summed E-state index contributed by atoms with van der Waals surface area (Å²) < 4.78 is 0. The van der Waals surface area contributed by atoms with Crippen molar-refractivity contribution in [3.8, 4) is 0 Å². The van der Waals surface area contributed by atoms with E-state index in [9.17, 15) is 15.0 Å². The predicted octanol–water partition coefficient (Wildman–Crippen LogP) is 26.7. The summed E-state index contributed by atoms with van der Waals surface area (Å²) in [6.07, 6.45) is 104. The molecule has 83 heavy (non-hydrogen) atoms. The van der Waals surface area contributed by atoms with Gasteiger partial charge in [-0.1, -0.05) is 423 Å². The van der Waals surface area contributed by atoms with Gasteiger partial charge < -0.3 is 15.5 Å². The molecule has 0 heterocycles. The van der Waals surface area contributed by atoms with Crippen molar-refractivity contribution in [2.24, 2.45) is 0 Å². The monoisotopic (exact) mass is 1160 g/mol. The third-order valence-electron chi connectivity index (χ3n) is 18.4. The summed E-state index contributed by atoms with van der Waals surface area (Å²) in [7, 11) is 0. The number of aliphatic hydroxyl groups is 2. The molecule has 2 atom stereocenters. The van der Waals surface area contributed by atoms with E-state index in [2.05, 4.69) is 43.5 Å². The summed E-state index contributed by atoms with van der Waals surface area (Å²) in [4.78, 5) is 12.6. The maximum Gasteiger partial charge on any atom is 0.220 e. The van der Waals surface area contributed by atoms with Gasteiger partial charge in [-0.25, -0.2) is 0 Å². The number of amides is 1. The zero-order valence-corrected chi connectivity index (χ0v) is 57.0. The largest absolute Gasteiger partial charge is 0.394 e. The summed E-state index contributed by atoms with van der Waals surface area (Å²) >= 11 is 0. The summed E-state index contributed by atoms with van der Waals surface area (Å²) in [6.45, 7) is 4.35. The Kier molecular flexibility index (Phi) is 73.6. The highest BCUT2D eigenvalue weighted by molar-refractivity contribution is 5.76. The second-order valence-corrected chi connectivity index (χ2v) is 26.8. The lowest BCUT2D eigenvalue weighted by atomic mass is 10.0. The van der Waals surface area contributed by atoms with Crippen LogP contribution in [-0.4, -0.2) is 34.9 Å². The van der Waals surface area contributed by atoms with Crippen LogP contribution in [0.2, 0.25) is 0 Å². The smallest absolute Gasteiger partial charge is 0.220 e. The highest BCUT2D eigenvalue weighted by atomic mass is 16.3. The molecular weight excluding hydrogens is 1010 g/mol. The van der Waals surface area contributed by atoms with Crippen LogP contribution in [0.15, 0.2) is 36.5 Å². The Morgan fingerprint density at radius 1 is 0.289 bits per heavy atom. The number of rotatable bonds is 73. The van der Waals surface area contributed by atoms with Crippen LogP contribution in [0, 0.1) is 0 Å². The molecule has 2 unspecified atom stereocenters. The van der Waals surface area contributed by atoms with E-state index in [0.717, 1.165) is 32.1 Å². The van der Waals surface area contributed by atoms with Crippen LogP contribution in [0.3, 0.4) is 0 Å². The van der Waals surface area contributed by atoms with Crippen LogP contribution in [0.4, 0.5) is 0 Å². The Hall–Kier alpha value is -1.39. The molecule has 0 aromatic heterocycles. The second kappa shape index (κ2) is 74.9. The lowest BCUT2D eigenvalue weighted by molar-refractivity contribution is -0.123. The van der Waals surface area contributed by atoms with E-state index in [1.165, 1.54) is 392 Å². The Bertz CT molecular complexity index is 1270. The topological polar surface area (TPSA) is 69.6 Å². The number of allylic oxidation sites excluding steroid dienone is 5. The highest BCUT2D eigenvalue weighted by Gasteiger charge is 2.18. The van der Waals surface area contributed by atoms with Gasteiger partial charge in [0.15, 0.2) is 0 Å². The van der Waals surface area contributed by atoms with Crippen molar-refractivity contribution >= 4 is 5.91 Å². The highest BCUT2D eigenvalue weighted by Crippen LogP contribution is 2.20. The van der Waals surface area contributed by atoms with Crippen molar-refractivity contribution < 1.29 is 15.0 Å². The Balaban J connectivity index is 3.38. The zero-order valence-electron chi connectivity index (χ0n) is 57.0. The predicted molar refractivity (Wildman–Crippen MR) is 373 cm³/mol.